The van der Waals surface area contributed by atoms with Crippen LogP contribution in [-0.2, 0) is 4.74 Å². The van der Waals surface area contributed by atoms with Gasteiger partial charge in [-0.15, -0.1) is 33.3 Å². The van der Waals surface area contributed by atoms with Crippen molar-refractivity contribution in [2.75, 3.05) is 45.3 Å². The number of nitrogens with zero attached hydrogens (tertiary/aromatic N) is 5. The van der Waals surface area contributed by atoms with Crippen molar-refractivity contribution in [1.29, 1.82) is 0 Å². The Morgan fingerprint density at radius 3 is 2.41 bits per heavy atom. The summed E-state index contributed by atoms with van der Waals surface area (Å²) < 4.78 is 22.3. The third kappa shape index (κ3) is 7.29. The van der Waals surface area contributed by atoms with Gasteiger partial charge in [-0.05, 0) is 12.1 Å². The summed E-state index contributed by atoms with van der Waals surface area (Å²) >= 11 is 1.47. The third-order valence-electron chi connectivity index (χ3n) is 4.40. The number of rotatable bonds is 13. The fraction of sp³-hybridized carbons (Fsp3) is 0.348. The van der Waals surface area contributed by atoms with Crippen LogP contribution >= 0.6 is 11.8 Å². The number of amides is 1. The molecule has 0 bridgehead atoms. The van der Waals surface area contributed by atoms with Gasteiger partial charge in [0, 0.05) is 18.5 Å². The van der Waals surface area contributed by atoms with Crippen molar-refractivity contribution in [3.8, 4) is 18.0 Å². The van der Waals surface area contributed by atoms with Crippen LogP contribution in [0.5, 0.6) is 18.0 Å². The van der Waals surface area contributed by atoms with Gasteiger partial charge in [0.1, 0.15) is 31.0 Å². The van der Waals surface area contributed by atoms with Crippen LogP contribution in [0.4, 0.5) is 0 Å². The van der Waals surface area contributed by atoms with E-state index in [2.05, 4.69) is 39.7 Å². The Bertz CT molecular complexity index is 975. The fourth-order valence-corrected chi connectivity index (χ4v) is 3.65. The summed E-state index contributed by atoms with van der Waals surface area (Å²) in [7, 11) is 0. The maximum atomic E-state index is 13.2. The molecule has 1 amide bonds. The van der Waals surface area contributed by atoms with Crippen molar-refractivity contribution in [3.63, 3.8) is 0 Å². The molecule has 2 aromatic heterocycles. The topological polar surface area (TPSA) is 109 Å². The Morgan fingerprint density at radius 2 is 1.76 bits per heavy atom. The third-order valence-corrected chi connectivity index (χ3v) is 5.40. The van der Waals surface area contributed by atoms with E-state index in [4.69, 9.17) is 18.9 Å². The maximum Gasteiger partial charge on any atom is 0.326 e. The summed E-state index contributed by atoms with van der Waals surface area (Å²) in [5, 5.41) is 0.677. The first-order chi connectivity index (χ1) is 16.6. The molecule has 0 aromatic carbocycles. The van der Waals surface area contributed by atoms with Gasteiger partial charge in [-0.25, -0.2) is 4.98 Å². The molecule has 1 unspecified atom stereocenters. The zero-order chi connectivity index (χ0) is 24.2. The number of hydrogen-bond donors (Lipinski definition) is 0. The maximum absolute atomic E-state index is 13.2. The van der Waals surface area contributed by atoms with E-state index in [1.807, 2.05) is 0 Å². The number of morpholine rings is 1. The quantitative estimate of drug-likeness (QED) is 0.310. The number of aromatic nitrogens is 4. The van der Waals surface area contributed by atoms with Crippen molar-refractivity contribution in [2.24, 2.45) is 0 Å². The van der Waals surface area contributed by atoms with Gasteiger partial charge in [0.25, 0.3) is 5.91 Å². The second kappa shape index (κ2) is 13.3. The minimum absolute atomic E-state index is 0.0237. The lowest BCUT2D eigenvalue weighted by Crippen LogP contribution is -2.47. The molecule has 1 aliphatic heterocycles. The highest BCUT2D eigenvalue weighted by Crippen LogP contribution is 2.22. The first kappa shape index (κ1) is 25.2. The average Bonchev–Trinajstić information content (AvgIpc) is 2.88. The smallest absolute Gasteiger partial charge is 0.326 e. The first-order valence-electron chi connectivity index (χ1n) is 10.6. The van der Waals surface area contributed by atoms with Crippen LogP contribution in [0.3, 0.4) is 0 Å². The van der Waals surface area contributed by atoms with Crippen LogP contribution in [0.1, 0.15) is 10.4 Å². The van der Waals surface area contributed by atoms with Gasteiger partial charge in [0.05, 0.1) is 18.7 Å². The molecular formula is C23H27N5O5S. The highest BCUT2D eigenvalue weighted by molar-refractivity contribution is 7.99. The van der Waals surface area contributed by atoms with Gasteiger partial charge in [0.2, 0.25) is 0 Å². The number of pyridine rings is 1. The normalized spacial score (nSPS) is 15.3. The zero-order valence-electron chi connectivity index (χ0n) is 18.8. The molecule has 0 N–H and O–H groups in total. The molecule has 1 atom stereocenters. The second-order valence-electron chi connectivity index (χ2n) is 6.89. The van der Waals surface area contributed by atoms with Gasteiger partial charge in [-0.1, -0.05) is 31.4 Å². The molecule has 11 heteroatoms. The molecule has 3 rings (SSSR count). The monoisotopic (exact) mass is 485 g/mol. The van der Waals surface area contributed by atoms with Crippen LogP contribution in [0.15, 0.2) is 61.3 Å². The predicted octanol–water partition coefficient (Wildman–Crippen LogP) is 2.59. The molecule has 0 aliphatic carbocycles. The minimum atomic E-state index is -0.370. The standard InChI is InChI=1S/C23H27N5O5S/c1-4-11-31-21-25-22(32-12-5-2)27-23(26-21)33-16-17-15-28(10-13-30-17)20(29)18-8-7-9-24-19(18)34-14-6-3/h4-9,17H,1-3,10-16H2. The van der Waals surface area contributed by atoms with Gasteiger partial charge in [-0.3, -0.25) is 4.79 Å². The van der Waals surface area contributed by atoms with Crippen molar-refractivity contribution in [2.45, 2.75) is 11.1 Å². The molecule has 0 spiro atoms. The molecule has 1 saturated heterocycles. The lowest BCUT2D eigenvalue weighted by molar-refractivity contribution is -0.0416. The summed E-state index contributed by atoms with van der Waals surface area (Å²) in [4.78, 5) is 31.6. The van der Waals surface area contributed by atoms with Crippen LogP contribution in [-0.4, -0.2) is 82.1 Å². The summed E-state index contributed by atoms with van der Waals surface area (Å²) in [6.07, 6.45) is 6.22. The number of thioether (sulfide) groups is 1. The van der Waals surface area contributed by atoms with E-state index in [9.17, 15) is 4.79 Å². The summed E-state index contributed by atoms with van der Waals surface area (Å²) in [5.41, 5.74) is 0.557. The molecule has 10 nitrogen and oxygen atoms in total. The van der Waals surface area contributed by atoms with Crippen LogP contribution < -0.4 is 14.2 Å². The Kier molecular flexibility index (Phi) is 9.86. The number of ether oxygens (including phenoxy) is 4. The minimum Gasteiger partial charge on any atom is -0.460 e. The van der Waals surface area contributed by atoms with Crippen LogP contribution in [0.25, 0.3) is 0 Å². The molecule has 2 aromatic rings. The SMILES string of the molecule is C=CCOc1nc(OCC=C)nc(OCC2CN(C(=O)c3cccnc3SCC=C)CCO2)n1. The Morgan fingerprint density at radius 1 is 1.09 bits per heavy atom. The number of hydrogen-bond acceptors (Lipinski definition) is 10. The van der Waals surface area contributed by atoms with Crippen molar-refractivity contribution >= 4 is 17.7 Å². The molecular weight excluding hydrogens is 458 g/mol. The second-order valence-corrected chi connectivity index (χ2v) is 7.90. The molecule has 3 heterocycles. The van der Waals surface area contributed by atoms with Crippen molar-refractivity contribution in [1.82, 2.24) is 24.8 Å². The Labute approximate surface area is 202 Å². The average molecular weight is 486 g/mol. The predicted molar refractivity (Wildman–Crippen MR) is 128 cm³/mol. The Hall–Kier alpha value is -3.44. The van der Waals surface area contributed by atoms with Gasteiger partial charge < -0.3 is 23.8 Å². The van der Waals surface area contributed by atoms with Gasteiger partial charge >= 0.3 is 18.0 Å². The lowest BCUT2D eigenvalue weighted by atomic mass is 10.2. The summed E-state index contributed by atoms with van der Waals surface area (Å²) in [6, 6.07) is 3.65. The van der Waals surface area contributed by atoms with Crippen molar-refractivity contribution < 1.29 is 23.7 Å². The highest BCUT2D eigenvalue weighted by atomic mass is 32.2. The van der Waals surface area contributed by atoms with Gasteiger partial charge in [0.15, 0.2) is 0 Å². The molecule has 34 heavy (non-hydrogen) atoms. The molecule has 1 aliphatic rings. The van der Waals surface area contributed by atoms with E-state index in [0.29, 0.717) is 36.0 Å². The largest absolute Gasteiger partial charge is 0.460 e. The summed E-state index contributed by atoms with van der Waals surface area (Å²) in [6.45, 7) is 12.7. The Balaban J connectivity index is 1.64. The number of carbonyl (C=O) groups excluding carboxylic acids is 1. The van der Waals surface area contributed by atoms with E-state index >= 15 is 0 Å². The number of carbonyl (C=O) groups is 1. The molecule has 0 radical (unpaired) electrons. The first-order valence-corrected chi connectivity index (χ1v) is 11.6. The molecule has 0 saturated carbocycles. The fourth-order valence-electron chi connectivity index (χ4n) is 2.93. The molecule has 180 valence electrons. The lowest BCUT2D eigenvalue weighted by Gasteiger charge is -2.33. The van der Waals surface area contributed by atoms with Gasteiger partial charge in [-0.2, -0.15) is 0 Å². The highest BCUT2D eigenvalue weighted by Gasteiger charge is 2.27. The van der Waals surface area contributed by atoms with Crippen molar-refractivity contribution in [3.05, 3.63) is 61.9 Å². The van der Waals surface area contributed by atoms with Crippen LogP contribution in [0, 0.1) is 0 Å². The van der Waals surface area contributed by atoms with E-state index in [1.54, 1.807) is 41.5 Å². The van der Waals surface area contributed by atoms with Crippen LogP contribution in [0.2, 0.25) is 0 Å². The zero-order valence-corrected chi connectivity index (χ0v) is 19.6. The van der Waals surface area contributed by atoms with E-state index in [-0.39, 0.29) is 49.9 Å². The van der Waals surface area contributed by atoms with E-state index in [1.165, 1.54) is 11.8 Å². The van der Waals surface area contributed by atoms with E-state index in [0.717, 1.165) is 0 Å². The molecule has 1 fully saturated rings. The summed E-state index contributed by atoms with van der Waals surface area (Å²) in [5.74, 6) is 0.563. The van der Waals surface area contributed by atoms with E-state index < -0.39 is 0 Å².